The Balaban J connectivity index is 1.83. The summed E-state index contributed by atoms with van der Waals surface area (Å²) in [6.45, 7) is 0. The van der Waals surface area contributed by atoms with E-state index < -0.39 is 0 Å². The van der Waals surface area contributed by atoms with Crippen molar-refractivity contribution in [3.05, 3.63) is 56.5 Å². The first-order valence-electron chi connectivity index (χ1n) is 6.22. The van der Waals surface area contributed by atoms with Crippen LogP contribution in [0.25, 0.3) is 0 Å². The second-order valence-corrected chi connectivity index (χ2v) is 6.45. The van der Waals surface area contributed by atoms with Gasteiger partial charge in [-0.2, -0.15) is 0 Å². The predicted octanol–water partition coefficient (Wildman–Crippen LogP) is 3.96. The zero-order valence-corrected chi connectivity index (χ0v) is 13.9. The van der Waals surface area contributed by atoms with Gasteiger partial charge in [0.25, 0.3) is 5.91 Å². The van der Waals surface area contributed by atoms with E-state index in [2.05, 4.69) is 42.5 Å². The summed E-state index contributed by atoms with van der Waals surface area (Å²) in [4.78, 5) is 23.6. The van der Waals surface area contributed by atoms with Crippen LogP contribution < -0.4 is 10.6 Å². The summed E-state index contributed by atoms with van der Waals surface area (Å²) in [5, 5.41) is 5.59. The number of fused-ring (bicyclic) bond motifs is 1. The third-order valence-electron chi connectivity index (χ3n) is 3.17. The summed E-state index contributed by atoms with van der Waals surface area (Å²) in [6.07, 6.45) is 0.318. The average Bonchev–Trinajstić information content (AvgIpc) is 2.80. The van der Waals surface area contributed by atoms with Gasteiger partial charge in [0.2, 0.25) is 5.91 Å². The quantitative estimate of drug-likeness (QED) is 0.788. The first-order valence-corrected chi connectivity index (χ1v) is 7.81. The van der Waals surface area contributed by atoms with E-state index in [-0.39, 0.29) is 11.8 Å². The summed E-state index contributed by atoms with van der Waals surface area (Å²) in [5.74, 6) is -0.251. The topological polar surface area (TPSA) is 58.2 Å². The molecule has 2 aromatic rings. The van der Waals surface area contributed by atoms with Gasteiger partial charge < -0.3 is 10.6 Å². The van der Waals surface area contributed by atoms with Crippen LogP contribution in [0.1, 0.15) is 15.9 Å². The van der Waals surface area contributed by atoms with Crippen LogP contribution in [0.3, 0.4) is 0 Å². The molecule has 2 N–H and O–H groups in total. The van der Waals surface area contributed by atoms with Gasteiger partial charge in [-0.3, -0.25) is 9.59 Å². The fourth-order valence-electron chi connectivity index (χ4n) is 2.16. The maximum absolute atomic E-state index is 12.3. The van der Waals surface area contributed by atoms with Crippen molar-refractivity contribution in [2.75, 3.05) is 10.6 Å². The minimum absolute atomic E-state index is 0.0433. The number of carbonyl (C=O) groups is 2. The van der Waals surface area contributed by atoms with E-state index in [0.29, 0.717) is 17.7 Å². The lowest BCUT2D eigenvalue weighted by molar-refractivity contribution is -0.115. The van der Waals surface area contributed by atoms with Gasteiger partial charge in [-0.15, -0.1) is 0 Å². The number of amides is 2. The van der Waals surface area contributed by atoms with Crippen molar-refractivity contribution in [2.45, 2.75) is 6.42 Å². The van der Waals surface area contributed by atoms with Crippen molar-refractivity contribution in [3.8, 4) is 0 Å². The highest BCUT2D eigenvalue weighted by molar-refractivity contribution is 9.11. The number of carbonyl (C=O) groups excluding carboxylic acids is 2. The molecule has 1 aliphatic rings. The van der Waals surface area contributed by atoms with Crippen LogP contribution in [0.4, 0.5) is 11.4 Å². The van der Waals surface area contributed by atoms with Crippen molar-refractivity contribution in [3.63, 3.8) is 0 Å². The summed E-state index contributed by atoms with van der Waals surface area (Å²) in [7, 11) is 0. The predicted molar refractivity (Wildman–Crippen MR) is 88.6 cm³/mol. The highest BCUT2D eigenvalue weighted by Crippen LogP contribution is 2.28. The minimum atomic E-state index is -0.208. The van der Waals surface area contributed by atoms with E-state index >= 15 is 0 Å². The molecule has 1 aliphatic heterocycles. The van der Waals surface area contributed by atoms with Gasteiger partial charge in [-0.05, 0) is 57.9 Å². The molecule has 6 heteroatoms. The number of nitrogens with one attached hydrogen (secondary N) is 2. The van der Waals surface area contributed by atoms with Gasteiger partial charge in [-0.1, -0.05) is 15.9 Å². The number of halogens is 2. The fraction of sp³-hybridized carbons (Fsp3) is 0.0667. The van der Waals surface area contributed by atoms with Crippen molar-refractivity contribution in [1.29, 1.82) is 0 Å². The Labute approximate surface area is 138 Å². The second-order valence-electron chi connectivity index (χ2n) is 4.68. The molecule has 0 aliphatic carbocycles. The highest BCUT2D eigenvalue weighted by Gasteiger charge is 2.19. The number of hydrogen-bond donors (Lipinski definition) is 2. The SMILES string of the molecule is O=C1Cc2cc(C(=O)Nc3ccc(Br)cc3Br)ccc2N1. The lowest BCUT2D eigenvalue weighted by Gasteiger charge is -2.08. The van der Waals surface area contributed by atoms with Crippen molar-refractivity contribution in [1.82, 2.24) is 0 Å². The molecule has 0 spiro atoms. The monoisotopic (exact) mass is 408 g/mol. The molecular weight excluding hydrogens is 400 g/mol. The van der Waals surface area contributed by atoms with Crippen LogP contribution in [-0.2, 0) is 11.2 Å². The molecule has 0 radical (unpaired) electrons. The molecule has 0 fully saturated rings. The maximum atomic E-state index is 12.3. The zero-order chi connectivity index (χ0) is 15.0. The molecule has 0 unspecified atom stereocenters. The minimum Gasteiger partial charge on any atom is -0.326 e. The molecule has 2 aromatic carbocycles. The Morgan fingerprint density at radius 2 is 1.95 bits per heavy atom. The summed E-state index contributed by atoms with van der Waals surface area (Å²) in [5.41, 5.74) is 2.85. The molecule has 0 bridgehead atoms. The summed E-state index contributed by atoms with van der Waals surface area (Å²) in [6, 6.07) is 10.7. The van der Waals surface area contributed by atoms with E-state index in [0.717, 1.165) is 20.2 Å². The summed E-state index contributed by atoms with van der Waals surface area (Å²) >= 11 is 6.77. The van der Waals surface area contributed by atoms with E-state index in [9.17, 15) is 9.59 Å². The lowest BCUT2D eigenvalue weighted by Crippen LogP contribution is -2.12. The van der Waals surface area contributed by atoms with Crippen LogP contribution in [0.15, 0.2) is 45.3 Å². The fourth-order valence-corrected chi connectivity index (χ4v) is 3.30. The van der Waals surface area contributed by atoms with Gasteiger partial charge in [0, 0.05) is 20.2 Å². The molecule has 0 atom stereocenters. The van der Waals surface area contributed by atoms with E-state index in [1.54, 1.807) is 18.2 Å². The van der Waals surface area contributed by atoms with Crippen LogP contribution >= 0.6 is 31.9 Å². The number of benzene rings is 2. The third-order valence-corrected chi connectivity index (χ3v) is 4.32. The molecule has 2 amide bonds. The normalized spacial score (nSPS) is 12.8. The molecule has 4 nitrogen and oxygen atoms in total. The number of rotatable bonds is 2. The molecule has 0 saturated carbocycles. The van der Waals surface area contributed by atoms with Crippen LogP contribution in [0.2, 0.25) is 0 Å². The van der Waals surface area contributed by atoms with Gasteiger partial charge >= 0.3 is 0 Å². The molecule has 3 rings (SSSR count). The van der Waals surface area contributed by atoms with Gasteiger partial charge in [0.15, 0.2) is 0 Å². The Hall–Kier alpha value is -1.66. The maximum Gasteiger partial charge on any atom is 0.255 e. The van der Waals surface area contributed by atoms with E-state index in [1.807, 2.05) is 18.2 Å². The summed E-state index contributed by atoms with van der Waals surface area (Å²) < 4.78 is 1.72. The zero-order valence-electron chi connectivity index (χ0n) is 10.7. The standard InChI is InChI=1S/C15H10Br2N2O2/c16-10-2-4-13(11(17)7-10)19-15(21)8-1-3-12-9(5-8)6-14(20)18-12/h1-5,7H,6H2,(H,18,20)(H,19,21). The first-order chi connectivity index (χ1) is 10.0. The average molecular weight is 410 g/mol. The molecular formula is C15H10Br2N2O2. The molecule has 106 valence electrons. The molecule has 0 aromatic heterocycles. The van der Waals surface area contributed by atoms with Crippen LogP contribution in [-0.4, -0.2) is 11.8 Å². The smallest absolute Gasteiger partial charge is 0.255 e. The first kappa shape index (κ1) is 14.3. The molecule has 1 heterocycles. The van der Waals surface area contributed by atoms with Crippen molar-refractivity contribution >= 4 is 55.0 Å². The Kier molecular flexibility index (Phi) is 3.82. The van der Waals surface area contributed by atoms with Crippen LogP contribution in [0, 0.1) is 0 Å². The van der Waals surface area contributed by atoms with E-state index in [4.69, 9.17) is 0 Å². The Morgan fingerprint density at radius 3 is 2.71 bits per heavy atom. The van der Waals surface area contributed by atoms with Gasteiger partial charge in [-0.25, -0.2) is 0 Å². The van der Waals surface area contributed by atoms with Gasteiger partial charge in [0.1, 0.15) is 0 Å². The molecule has 0 saturated heterocycles. The largest absolute Gasteiger partial charge is 0.326 e. The van der Waals surface area contributed by atoms with E-state index in [1.165, 1.54) is 0 Å². The van der Waals surface area contributed by atoms with Gasteiger partial charge in [0.05, 0.1) is 12.1 Å². The second kappa shape index (κ2) is 5.61. The number of anilines is 2. The highest BCUT2D eigenvalue weighted by atomic mass is 79.9. The van der Waals surface area contributed by atoms with Crippen molar-refractivity contribution < 1.29 is 9.59 Å². The van der Waals surface area contributed by atoms with Crippen molar-refractivity contribution in [2.24, 2.45) is 0 Å². The lowest BCUT2D eigenvalue weighted by atomic mass is 10.1. The third kappa shape index (κ3) is 3.01. The Morgan fingerprint density at radius 1 is 1.14 bits per heavy atom. The Bertz CT molecular complexity index is 759. The number of hydrogen-bond acceptors (Lipinski definition) is 2. The molecule has 21 heavy (non-hydrogen) atoms. The van der Waals surface area contributed by atoms with Crippen LogP contribution in [0.5, 0.6) is 0 Å².